The third-order valence-corrected chi connectivity index (χ3v) is 4.47. The van der Waals surface area contributed by atoms with Gasteiger partial charge in [0.05, 0.1) is 18.4 Å². The van der Waals surface area contributed by atoms with E-state index in [4.69, 9.17) is 9.15 Å². The molecule has 1 aliphatic carbocycles. The number of hydrogen-bond donors (Lipinski definition) is 1. The first-order valence-electron chi connectivity index (χ1n) is 8.22. The minimum atomic E-state index is -0.483. The van der Waals surface area contributed by atoms with E-state index in [9.17, 15) is 9.59 Å². The van der Waals surface area contributed by atoms with Crippen molar-refractivity contribution in [2.45, 2.75) is 19.4 Å². The van der Waals surface area contributed by atoms with Crippen molar-refractivity contribution in [2.24, 2.45) is 0 Å². The van der Waals surface area contributed by atoms with E-state index in [0.29, 0.717) is 11.3 Å². The second kappa shape index (κ2) is 6.43. The van der Waals surface area contributed by atoms with Gasteiger partial charge in [-0.05, 0) is 52.9 Å². The number of carbonyl (C=O) groups is 2. The Hall–Kier alpha value is -3.08. The molecule has 0 fully saturated rings. The van der Waals surface area contributed by atoms with E-state index >= 15 is 0 Å². The number of carbonyl (C=O) groups excluding carboxylic acids is 2. The molecule has 0 aliphatic heterocycles. The predicted octanol–water partition coefficient (Wildman–Crippen LogP) is 3.00. The van der Waals surface area contributed by atoms with Gasteiger partial charge in [-0.2, -0.15) is 0 Å². The zero-order chi connectivity index (χ0) is 17.2. The molecule has 0 atom stereocenters. The summed E-state index contributed by atoms with van der Waals surface area (Å²) < 4.78 is 10.3. The molecule has 5 heteroatoms. The van der Waals surface area contributed by atoms with Crippen molar-refractivity contribution in [3.63, 3.8) is 0 Å². The van der Waals surface area contributed by atoms with Crippen molar-refractivity contribution in [3.8, 4) is 0 Å². The number of aryl methyl sites for hydroxylation is 2. The highest BCUT2D eigenvalue weighted by molar-refractivity contribution is 6.07. The van der Waals surface area contributed by atoms with Crippen LogP contribution in [0.3, 0.4) is 0 Å². The highest BCUT2D eigenvalue weighted by Crippen LogP contribution is 2.32. The van der Waals surface area contributed by atoms with Gasteiger partial charge in [0.15, 0.2) is 6.61 Å². The van der Waals surface area contributed by atoms with Crippen LogP contribution in [-0.4, -0.2) is 18.5 Å². The van der Waals surface area contributed by atoms with Crippen LogP contribution >= 0.6 is 0 Å². The van der Waals surface area contributed by atoms with E-state index in [2.05, 4.69) is 11.4 Å². The smallest absolute Gasteiger partial charge is 0.339 e. The number of hydrogen-bond acceptors (Lipinski definition) is 4. The van der Waals surface area contributed by atoms with Gasteiger partial charge in [-0.25, -0.2) is 4.79 Å². The molecular weight excluding hydrogens is 318 g/mol. The second-order valence-electron chi connectivity index (χ2n) is 6.04. The normalized spacial score (nSPS) is 12.3. The molecule has 0 saturated heterocycles. The summed E-state index contributed by atoms with van der Waals surface area (Å²) in [6.45, 7) is -0.0488. The Morgan fingerprint density at radius 2 is 1.88 bits per heavy atom. The Morgan fingerprint density at radius 1 is 1.04 bits per heavy atom. The van der Waals surface area contributed by atoms with Crippen LogP contribution in [0.2, 0.25) is 0 Å². The molecular formula is C20H17NO4. The fraction of sp³-hybridized carbons (Fsp3) is 0.200. The highest BCUT2D eigenvalue weighted by Gasteiger charge is 2.20. The van der Waals surface area contributed by atoms with Gasteiger partial charge in [0.1, 0.15) is 5.76 Å². The van der Waals surface area contributed by atoms with Crippen molar-refractivity contribution in [1.29, 1.82) is 0 Å². The third-order valence-electron chi connectivity index (χ3n) is 4.47. The maximum absolute atomic E-state index is 12.4. The summed E-state index contributed by atoms with van der Waals surface area (Å²) in [7, 11) is 0. The summed E-state index contributed by atoms with van der Waals surface area (Å²) in [5, 5.41) is 4.70. The summed E-state index contributed by atoms with van der Waals surface area (Å²) in [5.74, 6) is -0.202. The van der Waals surface area contributed by atoms with Gasteiger partial charge in [-0.15, -0.1) is 0 Å². The summed E-state index contributed by atoms with van der Waals surface area (Å²) in [6.07, 6.45) is 3.54. The van der Waals surface area contributed by atoms with Gasteiger partial charge in [0, 0.05) is 0 Å². The minimum Gasteiger partial charge on any atom is -0.467 e. The van der Waals surface area contributed by atoms with Crippen LogP contribution < -0.4 is 5.32 Å². The Kier molecular flexibility index (Phi) is 3.98. The Morgan fingerprint density at radius 3 is 2.68 bits per heavy atom. The number of nitrogens with one attached hydrogen (secondary N) is 1. The van der Waals surface area contributed by atoms with Crippen LogP contribution in [-0.2, 0) is 28.9 Å². The molecule has 1 aliphatic rings. The van der Waals surface area contributed by atoms with Crippen molar-refractivity contribution in [3.05, 3.63) is 71.2 Å². The van der Waals surface area contributed by atoms with Crippen LogP contribution in [0.5, 0.6) is 0 Å². The van der Waals surface area contributed by atoms with Crippen LogP contribution in [0.4, 0.5) is 0 Å². The molecule has 0 bridgehead atoms. The monoisotopic (exact) mass is 335 g/mol. The standard InChI is InChI=1S/C20H17NO4/c22-18(21-11-15-4-2-10-24-15)12-25-20(23)17-9-8-14-7-6-13-3-1-5-16(17)19(13)14/h1-5,8-10H,6-7,11-12H2,(H,21,22). The molecule has 25 heavy (non-hydrogen) atoms. The molecule has 1 amide bonds. The number of esters is 1. The van der Waals surface area contributed by atoms with E-state index in [1.165, 1.54) is 17.4 Å². The van der Waals surface area contributed by atoms with Gasteiger partial charge in [0.25, 0.3) is 5.91 Å². The van der Waals surface area contributed by atoms with Gasteiger partial charge in [0.2, 0.25) is 0 Å². The highest BCUT2D eigenvalue weighted by atomic mass is 16.5. The quantitative estimate of drug-likeness (QED) is 0.728. The zero-order valence-electron chi connectivity index (χ0n) is 13.6. The van der Waals surface area contributed by atoms with Crippen molar-refractivity contribution >= 4 is 22.6 Å². The van der Waals surface area contributed by atoms with Gasteiger partial charge < -0.3 is 14.5 Å². The molecule has 0 radical (unpaired) electrons. The van der Waals surface area contributed by atoms with Crippen LogP contribution in [0, 0.1) is 0 Å². The van der Waals surface area contributed by atoms with Gasteiger partial charge >= 0.3 is 5.97 Å². The Labute approximate surface area is 144 Å². The van der Waals surface area contributed by atoms with Crippen LogP contribution in [0.1, 0.15) is 27.2 Å². The minimum absolute atomic E-state index is 0.268. The van der Waals surface area contributed by atoms with Crippen LogP contribution in [0.25, 0.3) is 10.8 Å². The predicted molar refractivity (Wildman–Crippen MR) is 92.2 cm³/mol. The molecule has 1 N–H and O–H groups in total. The zero-order valence-corrected chi connectivity index (χ0v) is 13.6. The fourth-order valence-electron chi connectivity index (χ4n) is 3.28. The number of benzene rings is 2. The molecule has 0 unspecified atom stereocenters. The summed E-state index contributed by atoms with van der Waals surface area (Å²) >= 11 is 0. The second-order valence-corrected chi connectivity index (χ2v) is 6.04. The van der Waals surface area contributed by atoms with Gasteiger partial charge in [-0.3, -0.25) is 4.79 Å². The van der Waals surface area contributed by atoms with Crippen molar-refractivity contribution in [2.75, 3.05) is 6.61 Å². The number of rotatable bonds is 5. The number of ether oxygens (including phenoxy) is 1. The first kappa shape index (κ1) is 15.4. The molecule has 0 spiro atoms. The Bertz CT molecular complexity index is 933. The summed E-state index contributed by atoms with van der Waals surface area (Å²) in [5.41, 5.74) is 3.03. The molecule has 126 valence electrons. The van der Waals surface area contributed by atoms with E-state index in [1.54, 1.807) is 18.2 Å². The molecule has 1 aromatic heterocycles. The average Bonchev–Trinajstić information content (AvgIpc) is 3.29. The number of amides is 1. The Balaban J connectivity index is 1.43. The third kappa shape index (κ3) is 3.01. The van der Waals surface area contributed by atoms with E-state index in [1.807, 2.05) is 18.2 Å². The lowest BCUT2D eigenvalue weighted by atomic mass is 10.00. The number of furan rings is 1. The largest absolute Gasteiger partial charge is 0.467 e. The molecule has 3 aromatic rings. The molecule has 4 rings (SSSR count). The van der Waals surface area contributed by atoms with Crippen molar-refractivity contribution in [1.82, 2.24) is 5.32 Å². The SMILES string of the molecule is O=C(COC(=O)c1ccc2c3c(cccc13)CC2)NCc1ccco1. The lowest BCUT2D eigenvalue weighted by Crippen LogP contribution is -2.28. The molecule has 2 aromatic carbocycles. The summed E-state index contributed by atoms with van der Waals surface area (Å²) in [4.78, 5) is 24.2. The van der Waals surface area contributed by atoms with E-state index in [-0.39, 0.29) is 19.1 Å². The lowest BCUT2D eigenvalue weighted by Gasteiger charge is -2.09. The maximum atomic E-state index is 12.4. The molecule has 0 saturated carbocycles. The topological polar surface area (TPSA) is 68.5 Å². The lowest BCUT2D eigenvalue weighted by molar-refractivity contribution is -0.124. The first-order chi connectivity index (χ1) is 12.2. The average molecular weight is 335 g/mol. The maximum Gasteiger partial charge on any atom is 0.339 e. The summed E-state index contributed by atoms with van der Waals surface area (Å²) in [6, 6.07) is 13.3. The fourth-order valence-corrected chi connectivity index (χ4v) is 3.28. The van der Waals surface area contributed by atoms with E-state index in [0.717, 1.165) is 23.6 Å². The van der Waals surface area contributed by atoms with Gasteiger partial charge in [-0.1, -0.05) is 24.3 Å². The van der Waals surface area contributed by atoms with E-state index < -0.39 is 5.97 Å². The van der Waals surface area contributed by atoms with Crippen molar-refractivity contribution < 1.29 is 18.7 Å². The first-order valence-corrected chi connectivity index (χ1v) is 8.22. The molecule has 5 nitrogen and oxygen atoms in total. The molecule has 1 heterocycles. The van der Waals surface area contributed by atoms with Crippen LogP contribution in [0.15, 0.2) is 53.1 Å².